The number of nitrogens with one attached hydrogen (secondary N) is 1. The van der Waals surface area contributed by atoms with Gasteiger partial charge < -0.3 is 24.6 Å². The molecule has 7 heteroatoms. The minimum absolute atomic E-state index is 0.226. The molecule has 0 aromatic heterocycles. The zero-order valence-corrected chi connectivity index (χ0v) is 16.2. The predicted molar refractivity (Wildman–Crippen MR) is 105 cm³/mol. The van der Waals surface area contributed by atoms with Crippen LogP contribution < -0.4 is 5.32 Å². The highest BCUT2D eigenvalue weighted by Crippen LogP contribution is 2.38. The van der Waals surface area contributed by atoms with E-state index >= 15 is 0 Å². The summed E-state index contributed by atoms with van der Waals surface area (Å²) in [6, 6.07) is 18.7. The Hall–Kier alpha value is -1.90. The van der Waals surface area contributed by atoms with Crippen LogP contribution in [0.25, 0.3) is 0 Å². The average Bonchev–Trinajstić information content (AvgIpc) is 2.72. The van der Waals surface area contributed by atoms with Gasteiger partial charge in [0.2, 0.25) is 5.91 Å². The van der Waals surface area contributed by atoms with Gasteiger partial charge in [0.05, 0.1) is 12.6 Å². The highest BCUT2D eigenvalue weighted by molar-refractivity contribution is 7.99. The van der Waals surface area contributed by atoms with Gasteiger partial charge in [-0.05, 0) is 12.1 Å². The number of benzene rings is 2. The van der Waals surface area contributed by atoms with E-state index in [1.807, 2.05) is 60.7 Å². The first-order valence-electron chi connectivity index (χ1n) is 9.26. The lowest BCUT2D eigenvalue weighted by molar-refractivity contribution is -0.306. The molecule has 0 bridgehead atoms. The van der Waals surface area contributed by atoms with Crippen molar-refractivity contribution in [1.82, 2.24) is 5.32 Å². The summed E-state index contributed by atoms with van der Waals surface area (Å²) in [4.78, 5) is 12.7. The maximum absolute atomic E-state index is 11.7. The predicted octanol–water partition coefficient (Wildman–Crippen LogP) is 2.48. The van der Waals surface area contributed by atoms with Crippen molar-refractivity contribution in [2.45, 2.75) is 47.9 Å². The first-order valence-corrected chi connectivity index (χ1v) is 10.1. The van der Waals surface area contributed by atoms with Crippen molar-refractivity contribution in [3.8, 4) is 0 Å². The Balaban J connectivity index is 1.53. The summed E-state index contributed by atoms with van der Waals surface area (Å²) in [6.45, 7) is 1.74. The summed E-state index contributed by atoms with van der Waals surface area (Å²) in [5.41, 5.74) is 0.424. The molecule has 2 aromatic carbocycles. The summed E-state index contributed by atoms with van der Waals surface area (Å²) >= 11 is 1.46. The van der Waals surface area contributed by atoms with E-state index in [4.69, 9.17) is 14.2 Å². The number of hydrogen-bond acceptors (Lipinski definition) is 6. The number of carbonyl (C=O) groups excluding carboxylic acids is 1. The van der Waals surface area contributed by atoms with Gasteiger partial charge in [-0.1, -0.05) is 60.3 Å². The molecular formula is C21H23NO5S. The fraction of sp³-hybridized carbons (Fsp3) is 0.381. The van der Waals surface area contributed by atoms with Crippen LogP contribution in [0.4, 0.5) is 0 Å². The summed E-state index contributed by atoms with van der Waals surface area (Å²) in [6.07, 6.45) is -2.50. The largest absolute Gasteiger partial charge is 0.388 e. The molecule has 2 fully saturated rings. The van der Waals surface area contributed by atoms with Gasteiger partial charge in [0.1, 0.15) is 23.7 Å². The van der Waals surface area contributed by atoms with Crippen molar-refractivity contribution in [2.75, 3.05) is 6.61 Å². The Morgan fingerprint density at radius 2 is 1.75 bits per heavy atom. The molecule has 6 atom stereocenters. The van der Waals surface area contributed by atoms with Crippen LogP contribution in [-0.4, -0.2) is 47.4 Å². The topological polar surface area (TPSA) is 77.0 Å². The van der Waals surface area contributed by atoms with Gasteiger partial charge in [-0.3, -0.25) is 4.79 Å². The highest BCUT2D eigenvalue weighted by Gasteiger charge is 2.49. The van der Waals surface area contributed by atoms with E-state index in [-0.39, 0.29) is 5.91 Å². The van der Waals surface area contributed by atoms with Crippen LogP contribution in [0.2, 0.25) is 0 Å². The van der Waals surface area contributed by atoms with E-state index in [1.54, 1.807) is 0 Å². The van der Waals surface area contributed by atoms with E-state index in [1.165, 1.54) is 18.7 Å². The Bertz CT molecular complexity index is 790. The zero-order chi connectivity index (χ0) is 19.5. The summed E-state index contributed by atoms with van der Waals surface area (Å²) in [5.74, 6) is -0.226. The molecule has 2 N–H and O–H groups in total. The van der Waals surface area contributed by atoms with Crippen LogP contribution in [0.3, 0.4) is 0 Å². The zero-order valence-electron chi connectivity index (χ0n) is 15.4. The molecule has 0 radical (unpaired) electrons. The van der Waals surface area contributed by atoms with E-state index < -0.39 is 36.1 Å². The molecule has 2 aromatic rings. The van der Waals surface area contributed by atoms with Crippen molar-refractivity contribution in [1.29, 1.82) is 0 Å². The number of ether oxygens (including phenoxy) is 3. The van der Waals surface area contributed by atoms with Crippen LogP contribution in [0.5, 0.6) is 0 Å². The monoisotopic (exact) mass is 401 g/mol. The number of carbonyl (C=O) groups is 1. The van der Waals surface area contributed by atoms with Crippen LogP contribution >= 0.6 is 11.8 Å². The van der Waals surface area contributed by atoms with Gasteiger partial charge in [0.25, 0.3) is 0 Å². The maximum atomic E-state index is 11.7. The fourth-order valence-electron chi connectivity index (χ4n) is 3.49. The van der Waals surface area contributed by atoms with Gasteiger partial charge in [0.15, 0.2) is 6.29 Å². The van der Waals surface area contributed by atoms with E-state index in [0.717, 1.165) is 10.5 Å². The molecule has 2 aliphatic rings. The van der Waals surface area contributed by atoms with E-state index in [0.29, 0.717) is 6.61 Å². The van der Waals surface area contributed by atoms with Gasteiger partial charge in [-0.2, -0.15) is 0 Å². The van der Waals surface area contributed by atoms with Crippen LogP contribution in [0, 0.1) is 0 Å². The molecule has 4 rings (SSSR count). The Morgan fingerprint density at radius 1 is 1.07 bits per heavy atom. The molecule has 6 nitrogen and oxygen atoms in total. The standard InChI is InChI=1S/C21H23NO5S/c1-13(23)22-17-18(24)19-16(26-21(17)28-15-10-6-3-7-11-15)12-25-20(27-19)14-8-4-2-5-9-14/h2-11,16-21,24H,12H2,1H3,(H,22,23)/t16?,17?,18-,19?,20?,21+/m1/s1. The summed E-state index contributed by atoms with van der Waals surface area (Å²) in [7, 11) is 0. The first-order chi connectivity index (χ1) is 13.6. The molecular weight excluding hydrogens is 378 g/mol. The van der Waals surface area contributed by atoms with Crippen LogP contribution in [-0.2, 0) is 19.0 Å². The third kappa shape index (κ3) is 4.24. The molecule has 1 amide bonds. The number of rotatable bonds is 4. The minimum atomic E-state index is -0.918. The molecule has 2 saturated heterocycles. The van der Waals surface area contributed by atoms with E-state index in [2.05, 4.69) is 5.32 Å². The SMILES string of the molecule is CC(=O)NC1[C@@H](O)C2OC(c3ccccc3)OCC2O[C@H]1Sc1ccccc1. The Labute approximate surface area is 168 Å². The van der Waals surface area contributed by atoms with E-state index in [9.17, 15) is 9.90 Å². The molecule has 148 valence electrons. The lowest BCUT2D eigenvalue weighted by atomic mass is 9.96. The Morgan fingerprint density at radius 3 is 2.43 bits per heavy atom. The molecule has 0 spiro atoms. The molecule has 0 aliphatic carbocycles. The molecule has 4 unspecified atom stereocenters. The van der Waals surface area contributed by atoms with Gasteiger partial charge in [-0.15, -0.1) is 0 Å². The first kappa shape index (κ1) is 19.4. The second-order valence-corrected chi connectivity index (χ2v) is 8.04. The van der Waals surface area contributed by atoms with Gasteiger partial charge in [-0.25, -0.2) is 0 Å². The molecule has 2 aliphatic heterocycles. The summed E-state index contributed by atoms with van der Waals surface area (Å²) < 4.78 is 18.1. The molecule has 28 heavy (non-hydrogen) atoms. The third-order valence-electron chi connectivity index (χ3n) is 4.80. The fourth-order valence-corrected chi connectivity index (χ4v) is 4.65. The number of aliphatic hydroxyl groups excluding tert-OH is 1. The molecule has 0 saturated carbocycles. The number of thioether (sulfide) groups is 1. The highest BCUT2D eigenvalue weighted by atomic mass is 32.2. The van der Waals surface area contributed by atoms with Gasteiger partial charge in [0, 0.05) is 17.4 Å². The third-order valence-corrected chi connectivity index (χ3v) is 5.98. The number of hydrogen-bond donors (Lipinski definition) is 2. The van der Waals surface area contributed by atoms with Crippen LogP contribution in [0.15, 0.2) is 65.6 Å². The summed E-state index contributed by atoms with van der Waals surface area (Å²) in [5, 5.41) is 13.9. The average molecular weight is 401 g/mol. The maximum Gasteiger partial charge on any atom is 0.217 e. The second kappa shape index (κ2) is 8.63. The van der Waals surface area contributed by atoms with Crippen molar-refractivity contribution < 1.29 is 24.1 Å². The van der Waals surface area contributed by atoms with Gasteiger partial charge >= 0.3 is 0 Å². The van der Waals surface area contributed by atoms with Crippen LogP contribution in [0.1, 0.15) is 18.8 Å². The Kier molecular flexibility index (Phi) is 5.99. The van der Waals surface area contributed by atoms with Crippen molar-refractivity contribution >= 4 is 17.7 Å². The van der Waals surface area contributed by atoms with Crippen molar-refractivity contribution in [3.05, 3.63) is 66.2 Å². The molecule has 2 heterocycles. The lowest BCUT2D eigenvalue weighted by Gasteiger charge is -2.47. The van der Waals surface area contributed by atoms with Crippen molar-refractivity contribution in [3.63, 3.8) is 0 Å². The quantitative estimate of drug-likeness (QED) is 0.820. The lowest BCUT2D eigenvalue weighted by Crippen LogP contribution is -2.65. The smallest absolute Gasteiger partial charge is 0.217 e. The second-order valence-electron chi connectivity index (χ2n) is 6.87. The number of aliphatic hydroxyl groups is 1. The van der Waals surface area contributed by atoms with Crippen molar-refractivity contribution in [2.24, 2.45) is 0 Å². The normalized spacial score (nSPS) is 32.4. The minimum Gasteiger partial charge on any atom is -0.388 e. The number of fused-ring (bicyclic) bond motifs is 1. The number of amides is 1.